The van der Waals surface area contributed by atoms with Gasteiger partial charge in [-0.15, -0.1) is 0 Å². The Hall–Kier alpha value is -2.89. The van der Waals surface area contributed by atoms with Crippen LogP contribution in [0.3, 0.4) is 0 Å². The highest BCUT2D eigenvalue weighted by atomic mass is 16.4. The quantitative estimate of drug-likeness (QED) is 0.851. The van der Waals surface area contributed by atoms with Gasteiger partial charge in [-0.1, -0.05) is 0 Å². The number of hydrogen-bond donors (Lipinski definition) is 2. The highest BCUT2D eigenvalue weighted by Crippen LogP contribution is 2.16. The Balaban J connectivity index is 2.21. The number of nitrogens with zero attached hydrogens (tertiary/aromatic N) is 2. The summed E-state index contributed by atoms with van der Waals surface area (Å²) in [7, 11) is 0. The zero-order chi connectivity index (χ0) is 17.7. The van der Waals surface area contributed by atoms with E-state index in [0.29, 0.717) is 11.4 Å². The number of aromatic carboxylic acids is 1. The van der Waals surface area contributed by atoms with Crippen molar-refractivity contribution >= 4 is 23.4 Å². The molecule has 0 aliphatic carbocycles. The van der Waals surface area contributed by atoms with E-state index >= 15 is 0 Å². The molecule has 0 spiro atoms. The SMILES string of the molecule is CCN(CC)c1cc(C)cc(C(=O)Nc2ccc(C(=O)O)cc2)n1. The van der Waals surface area contributed by atoms with Gasteiger partial charge in [0.1, 0.15) is 11.5 Å². The Kier molecular flexibility index (Phi) is 5.52. The Morgan fingerprint density at radius 1 is 1.12 bits per heavy atom. The Labute approximate surface area is 141 Å². The number of benzene rings is 1. The molecule has 1 amide bonds. The Morgan fingerprint density at radius 3 is 2.29 bits per heavy atom. The molecule has 0 aliphatic rings. The number of carbonyl (C=O) groups excluding carboxylic acids is 1. The molecule has 0 saturated carbocycles. The number of aryl methyl sites for hydroxylation is 1. The number of amides is 1. The molecule has 2 N–H and O–H groups in total. The van der Waals surface area contributed by atoms with Crippen molar-refractivity contribution in [2.75, 3.05) is 23.3 Å². The maximum absolute atomic E-state index is 12.4. The largest absolute Gasteiger partial charge is 0.478 e. The molecule has 1 aromatic carbocycles. The van der Waals surface area contributed by atoms with E-state index in [1.54, 1.807) is 18.2 Å². The minimum atomic E-state index is -1.00. The number of pyridine rings is 1. The van der Waals surface area contributed by atoms with Crippen molar-refractivity contribution in [3.8, 4) is 0 Å². The number of nitrogens with one attached hydrogen (secondary N) is 1. The summed E-state index contributed by atoms with van der Waals surface area (Å²) in [5.74, 6) is -0.557. The number of rotatable bonds is 6. The molecule has 0 radical (unpaired) electrons. The summed E-state index contributed by atoms with van der Waals surface area (Å²) >= 11 is 0. The second-order valence-corrected chi connectivity index (χ2v) is 5.40. The molecule has 0 aliphatic heterocycles. The normalized spacial score (nSPS) is 10.3. The molecule has 24 heavy (non-hydrogen) atoms. The number of carboxylic acid groups (broad SMARTS) is 1. The van der Waals surface area contributed by atoms with Crippen molar-refractivity contribution < 1.29 is 14.7 Å². The van der Waals surface area contributed by atoms with E-state index in [1.807, 2.05) is 26.8 Å². The van der Waals surface area contributed by atoms with Gasteiger partial charge >= 0.3 is 5.97 Å². The molecular weight excluding hydrogens is 306 g/mol. The molecule has 0 atom stereocenters. The molecule has 0 fully saturated rings. The molecule has 2 aromatic rings. The molecule has 1 heterocycles. The summed E-state index contributed by atoms with van der Waals surface area (Å²) in [6.45, 7) is 7.62. The van der Waals surface area contributed by atoms with Crippen LogP contribution in [0.5, 0.6) is 0 Å². The Bertz CT molecular complexity index is 738. The monoisotopic (exact) mass is 327 g/mol. The van der Waals surface area contributed by atoms with Crippen LogP contribution >= 0.6 is 0 Å². The van der Waals surface area contributed by atoms with E-state index in [-0.39, 0.29) is 11.5 Å². The smallest absolute Gasteiger partial charge is 0.335 e. The van der Waals surface area contributed by atoms with Crippen molar-refractivity contribution in [1.82, 2.24) is 4.98 Å². The van der Waals surface area contributed by atoms with Gasteiger partial charge < -0.3 is 15.3 Å². The third-order valence-electron chi connectivity index (χ3n) is 3.67. The van der Waals surface area contributed by atoms with E-state index in [2.05, 4.69) is 15.2 Å². The van der Waals surface area contributed by atoms with Gasteiger partial charge in [-0.25, -0.2) is 9.78 Å². The van der Waals surface area contributed by atoms with Crippen LogP contribution in [0.1, 0.15) is 40.3 Å². The van der Waals surface area contributed by atoms with Gasteiger partial charge in [-0.05, 0) is 62.7 Å². The fourth-order valence-electron chi connectivity index (χ4n) is 2.37. The second-order valence-electron chi connectivity index (χ2n) is 5.40. The van der Waals surface area contributed by atoms with Crippen LogP contribution in [0.4, 0.5) is 11.5 Å². The third kappa shape index (κ3) is 4.10. The van der Waals surface area contributed by atoms with Gasteiger partial charge in [0.2, 0.25) is 0 Å². The number of anilines is 2. The summed E-state index contributed by atoms with van der Waals surface area (Å²) in [4.78, 5) is 29.8. The zero-order valence-corrected chi connectivity index (χ0v) is 14.0. The number of carboxylic acids is 1. The van der Waals surface area contributed by atoms with Crippen LogP contribution in [-0.2, 0) is 0 Å². The van der Waals surface area contributed by atoms with Gasteiger partial charge in [0.05, 0.1) is 5.56 Å². The fraction of sp³-hybridized carbons (Fsp3) is 0.278. The van der Waals surface area contributed by atoms with Crippen LogP contribution in [-0.4, -0.2) is 35.1 Å². The van der Waals surface area contributed by atoms with Gasteiger partial charge in [0, 0.05) is 18.8 Å². The van der Waals surface area contributed by atoms with Crippen LogP contribution in [0, 0.1) is 6.92 Å². The van der Waals surface area contributed by atoms with Gasteiger partial charge in [0.15, 0.2) is 0 Å². The van der Waals surface area contributed by atoms with Crippen molar-refractivity contribution in [1.29, 1.82) is 0 Å². The first-order valence-electron chi connectivity index (χ1n) is 7.83. The van der Waals surface area contributed by atoms with Crippen molar-refractivity contribution in [2.45, 2.75) is 20.8 Å². The molecule has 2 rings (SSSR count). The van der Waals surface area contributed by atoms with Crippen molar-refractivity contribution in [2.24, 2.45) is 0 Å². The van der Waals surface area contributed by atoms with E-state index in [0.717, 1.165) is 24.5 Å². The van der Waals surface area contributed by atoms with Crippen molar-refractivity contribution in [3.63, 3.8) is 0 Å². The van der Waals surface area contributed by atoms with Crippen LogP contribution in [0.25, 0.3) is 0 Å². The maximum Gasteiger partial charge on any atom is 0.335 e. The highest BCUT2D eigenvalue weighted by molar-refractivity contribution is 6.03. The first kappa shape index (κ1) is 17.5. The van der Waals surface area contributed by atoms with E-state index < -0.39 is 5.97 Å². The molecule has 0 bridgehead atoms. The molecule has 6 nitrogen and oxygen atoms in total. The summed E-state index contributed by atoms with van der Waals surface area (Å²) in [6, 6.07) is 9.69. The second kappa shape index (κ2) is 7.59. The molecule has 126 valence electrons. The molecule has 0 saturated heterocycles. The minimum absolute atomic E-state index is 0.172. The molecule has 6 heteroatoms. The van der Waals surface area contributed by atoms with Gasteiger partial charge in [0.25, 0.3) is 5.91 Å². The third-order valence-corrected chi connectivity index (χ3v) is 3.67. The Morgan fingerprint density at radius 2 is 1.75 bits per heavy atom. The first-order valence-corrected chi connectivity index (χ1v) is 7.83. The lowest BCUT2D eigenvalue weighted by Crippen LogP contribution is -2.24. The zero-order valence-electron chi connectivity index (χ0n) is 14.0. The summed E-state index contributed by atoms with van der Waals surface area (Å²) in [5.41, 5.74) is 1.99. The van der Waals surface area contributed by atoms with E-state index in [9.17, 15) is 9.59 Å². The molecule has 1 aromatic heterocycles. The first-order chi connectivity index (χ1) is 11.4. The fourth-order valence-corrected chi connectivity index (χ4v) is 2.37. The number of carbonyl (C=O) groups is 2. The standard InChI is InChI=1S/C18H21N3O3/c1-4-21(5-2)16-11-12(3)10-15(20-16)17(22)19-14-8-6-13(7-9-14)18(23)24/h6-11H,4-5H2,1-3H3,(H,19,22)(H,23,24). The lowest BCUT2D eigenvalue weighted by Gasteiger charge is -2.20. The van der Waals surface area contributed by atoms with E-state index in [1.165, 1.54) is 12.1 Å². The van der Waals surface area contributed by atoms with Crippen LogP contribution in [0.15, 0.2) is 36.4 Å². The average Bonchev–Trinajstić information content (AvgIpc) is 2.56. The topological polar surface area (TPSA) is 82.5 Å². The minimum Gasteiger partial charge on any atom is -0.478 e. The number of aromatic nitrogens is 1. The van der Waals surface area contributed by atoms with Crippen molar-refractivity contribution in [3.05, 3.63) is 53.2 Å². The van der Waals surface area contributed by atoms with E-state index in [4.69, 9.17) is 5.11 Å². The summed E-state index contributed by atoms with van der Waals surface area (Å²) in [6.07, 6.45) is 0. The lowest BCUT2D eigenvalue weighted by atomic mass is 10.2. The van der Waals surface area contributed by atoms with Gasteiger partial charge in [-0.3, -0.25) is 4.79 Å². The van der Waals surface area contributed by atoms with Crippen LogP contribution < -0.4 is 10.2 Å². The molecular formula is C18H21N3O3. The predicted octanol–water partition coefficient (Wildman–Crippen LogP) is 3.19. The highest BCUT2D eigenvalue weighted by Gasteiger charge is 2.13. The number of hydrogen-bond acceptors (Lipinski definition) is 4. The maximum atomic E-state index is 12.4. The molecule has 0 unspecified atom stereocenters. The average molecular weight is 327 g/mol. The van der Waals surface area contributed by atoms with Crippen LogP contribution in [0.2, 0.25) is 0 Å². The summed E-state index contributed by atoms with van der Waals surface area (Å²) in [5, 5.41) is 11.6. The summed E-state index contributed by atoms with van der Waals surface area (Å²) < 4.78 is 0. The van der Waals surface area contributed by atoms with Gasteiger partial charge in [-0.2, -0.15) is 0 Å². The predicted molar refractivity (Wildman–Crippen MR) is 93.9 cm³/mol. The lowest BCUT2D eigenvalue weighted by molar-refractivity contribution is 0.0696.